The molecule has 1 heterocycles. The molecule has 1 aliphatic heterocycles. The second kappa shape index (κ2) is 7.28. The summed E-state index contributed by atoms with van der Waals surface area (Å²) >= 11 is 0. The number of hydrogen-bond donors (Lipinski definition) is 1. The Morgan fingerprint density at radius 3 is 2.30 bits per heavy atom. The zero-order chi connectivity index (χ0) is 19.7. The molecule has 1 fully saturated rings. The lowest BCUT2D eigenvalue weighted by molar-refractivity contribution is 0.392. The lowest BCUT2D eigenvalue weighted by Crippen LogP contribution is -2.25. The molecule has 1 aliphatic rings. The maximum atomic E-state index is 12.7. The van der Waals surface area contributed by atoms with Crippen molar-refractivity contribution in [2.75, 3.05) is 35.5 Å². The van der Waals surface area contributed by atoms with Crippen LogP contribution in [0.4, 0.5) is 11.4 Å². The molecule has 8 nitrogen and oxygen atoms in total. The molecule has 2 aromatic carbocycles. The molecule has 2 aromatic rings. The van der Waals surface area contributed by atoms with Crippen molar-refractivity contribution in [3.63, 3.8) is 0 Å². The van der Waals surface area contributed by atoms with Crippen LogP contribution in [-0.4, -0.2) is 43.4 Å². The van der Waals surface area contributed by atoms with Crippen molar-refractivity contribution >= 4 is 31.4 Å². The molecule has 0 atom stereocenters. The van der Waals surface area contributed by atoms with Gasteiger partial charge in [0.1, 0.15) is 16.4 Å². The van der Waals surface area contributed by atoms with Gasteiger partial charge in [-0.25, -0.2) is 16.8 Å². The van der Waals surface area contributed by atoms with Gasteiger partial charge in [0.05, 0.1) is 25.7 Å². The first-order valence-electron chi connectivity index (χ1n) is 8.12. The Morgan fingerprint density at radius 2 is 1.74 bits per heavy atom. The lowest BCUT2D eigenvalue weighted by Gasteiger charge is -2.17. The monoisotopic (exact) mass is 412 g/mol. The topological polar surface area (TPSA) is 102 Å². The molecule has 3 rings (SSSR count). The molecule has 0 saturated carbocycles. The number of hydrogen-bond acceptors (Lipinski definition) is 6. The van der Waals surface area contributed by atoms with Gasteiger partial charge in [-0.3, -0.25) is 9.03 Å². The van der Waals surface area contributed by atoms with Crippen LogP contribution in [0, 0.1) is 0 Å². The van der Waals surface area contributed by atoms with E-state index in [-0.39, 0.29) is 16.4 Å². The highest BCUT2D eigenvalue weighted by molar-refractivity contribution is 7.93. The summed E-state index contributed by atoms with van der Waals surface area (Å²) in [7, 11) is -4.39. The smallest absolute Gasteiger partial charge is 0.265 e. The lowest BCUT2D eigenvalue weighted by atomic mass is 10.3. The Hall–Kier alpha value is -2.46. The number of ether oxygens (including phenoxy) is 2. The third kappa shape index (κ3) is 3.96. The van der Waals surface area contributed by atoms with Gasteiger partial charge in [0.2, 0.25) is 10.0 Å². The number of nitrogens with one attached hydrogen (secondary N) is 1. The van der Waals surface area contributed by atoms with E-state index in [0.717, 1.165) is 0 Å². The van der Waals surface area contributed by atoms with E-state index in [1.165, 1.54) is 42.8 Å². The van der Waals surface area contributed by atoms with Gasteiger partial charge < -0.3 is 9.47 Å². The molecule has 0 unspecified atom stereocenters. The molecular weight excluding hydrogens is 392 g/mol. The van der Waals surface area contributed by atoms with Crippen molar-refractivity contribution in [2.24, 2.45) is 0 Å². The zero-order valence-electron chi connectivity index (χ0n) is 14.9. The summed E-state index contributed by atoms with van der Waals surface area (Å²) in [4.78, 5) is -0.0597. The van der Waals surface area contributed by atoms with Gasteiger partial charge in [0, 0.05) is 18.3 Å². The van der Waals surface area contributed by atoms with Crippen LogP contribution in [0.1, 0.15) is 6.42 Å². The summed E-state index contributed by atoms with van der Waals surface area (Å²) in [6.07, 6.45) is 0.576. The Labute approximate surface area is 158 Å². The minimum absolute atomic E-state index is 0.0597. The molecule has 0 aliphatic carbocycles. The minimum atomic E-state index is -3.93. The third-order valence-electron chi connectivity index (χ3n) is 4.17. The van der Waals surface area contributed by atoms with Crippen molar-refractivity contribution < 1.29 is 26.3 Å². The molecule has 1 N–H and O–H groups in total. The Kier molecular flexibility index (Phi) is 5.20. The predicted molar refractivity (Wildman–Crippen MR) is 103 cm³/mol. The number of anilines is 2. The first-order chi connectivity index (χ1) is 12.8. The molecule has 27 heavy (non-hydrogen) atoms. The van der Waals surface area contributed by atoms with Crippen molar-refractivity contribution in [3.8, 4) is 11.5 Å². The fourth-order valence-corrected chi connectivity index (χ4v) is 5.64. The number of nitrogens with zero attached hydrogens (tertiary/aromatic N) is 1. The number of benzene rings is 2. The molecule has 1 saturated heterocycles. The summed E-state index contributed by atoms with van der Waals surface area (Å²) in [5.74, 6) is 0.686. The summed E-state index contributed by atoms with van der Waals surface area (Å²) in [5, 5.41) is 0. The molecular formula is C17H20N2O6S2. The standard InChI is InChI=1S/C17H20N2O6S2/c1-24-15-8-9-16(25-2)17(12-15)27(22,23)18-13-4-6-14(7-5-13)19-10-3-11-26(19,20)21/h4-9,12,18H,3,10-11H2,1-2H3. The van der Waals surface area contributed by atoms with Crippen molar-refractivity contribution in [1.82, 2.24) is 0 Å². The van der Waals surface area contributed by atoms with Crippen LogP contribution in [0.25, 0.3) is 0 Å². The summed E-state index contributed by atoms with van der Waals surface area (Å²) < 4.78 is 63.5. The fraction of sp³-hybridized carbons (Fsp3) is 0.294. The Bertz CT molecular complexity index is 1030. The second-order valence-corrected chi connectivity index (χ2v) is 9.57. The molecule has 0 amide bonds. The van der Waals surface area contributed by atoms with E-state index < -0.39 is 20.0 Å². The van der Waals surface area contributed by atoms with Gasteiger partial charge in [-0.15, -0.1) is 0 Å². The maximum absolute atomic E-state index is 12.7. The molecule has 0 spiro atoms. The number of sulfonamides is 2. The van der Waals surface area contributed by atoms with Crippen molar-refractivity contribution in [2.45, 2.75) is 11.3 Å². The van der Waals surface area contributed by atoms with E-state index in [1.54, 1.807) is 18.2 Å². The van der Waals surface area contributed by atoms with Gasteiger partial charge >= 0.3 is 0 Å². The van der Waals surface area contributed by atoms with Crippen molar-refractivity contribution in [3.05, 3.63) is 42.5 Å². The summed E-state index contributed by atoms with van der Waals surface area (Å²) in [6, 6.07) is 10.7. The maximum Gasteiger partial charge on any atom is 0.265 e. The highest BCUT2D eigenvalue weighted by Crippen LogP contribution is 2.31. The highest BCUT2D eigenvalue weighted by Gasteiger charge is 2.28. The normalized spacial score (nSPS) is 16.1. The summed E-state index contributed by atoms with van der Waals surface area (Å²) in [5.41, 5.74) is 0.814. The quantitative estimate of drug-likeness (QED) is 0.779. The van der Waals surface area contributed by atoms with Crippen LogP contribution in [0.2, 0.25) is 0 Å². The summed E-state index contributed by atoms with van der Waals surface area (Å²) in [6.45, 7) is 0.425. The second-order valence-electron chi connectivity index (χ2n) is 5.91. The van der Waals surface area contributed by atoms with Crippen LogP contribution in [-0.2, 0) is 20.0 Å². The van der Waals surface area contributed by atoms with Crippen LogP contribution in [0.15, 0.2) is 47.4 Å². The molecule has 10 heteroatoms. The van der Waals surface area contributed by atoms with Crippen LogP contribution in [0.3, 0.4) is 0 Å². The van der Waals surface area contributed by atoms with Crippen molar-refractivity contribution in [1.29, 1.82) is 0 Å². The van der Waals surface area contributed by atoms with E-state index in [0.29, 0.717) is 30.1 Å². The zero-order valence-corrected chi connectivity index (χ0v) is 16.5. The van der Waals surface area contributed by atoms with Crippen LogP contribution < -0.4 is 18.5 Å². The molecule has 0 bridgehead atoms. The third-order valence-corrected chi connectivity index (χ3v) is 7.44. The first kappa shape index (κ1) is 19.3. The van der Waals surface area contributed by atoms with E-state index in [9.17, 15) is 16.8 Å². The Balaban J connectivity index is 1.87. The average Bonchev–Trinajstić information content (AvgIpc) is 3.00. The van der Waals surface area contributed by atoms with Crippen LogP contribution >= 0.6 is 0 Å². The van der Waals surface area contributed by atoms with Gasteiger partial charge in [-0.05, 0) is 42.8 Å². The van der Waals surface area contributed by atoms with Gasteiger partial charge in [0.25, 0.3) is 10.0 Å². The highest BCUT2D eigenvalue weighted by atomic mass is 32.2. The average molecular weight is 412 g/mol. The molecule has 0 aromatic heterocycles. The van der Waals surface area contributed by atoms with Gasteiger partial charge in [-0.1, -0.05) is 0 Å². The van der Waals surface area contributed by atoms with Gasteiger partial charge in [-0.2, -0.15) is 0 Å². The molecule has 146 valence electrons. The SMILES string of the molecule is COc1ccc(OC)c(S(=O)(=O)Nc2ccc(N3CCCS3(=O)=O)cc2)c1. The molecule has 0 radical (unpaired) electrons. The van der Waals surface area contributed by atoms with E-state index in [4.69, 9.17) is 9.47 Å². The van der Waals surface area contributed by atoms with Gasteiger partial charge in [0.15, 0.2) is 0 Å². The number of methoxy groups -OCH3 is 2. The van der Waals surface area contributed by atoms with E-state index in [2.05, 4.69) is 4.72 Å². The Morgan fingerprint density at radius 1 is 1.04 bits per heavy atom. The van der Waals surface area contributed by atoms with Crippen LogP contribution in [0.5, 0.6) is 11.5 Å². The van der Waals surface area contributed by atoms with E-state index in [1.807, 2.05) is 0 Å². The number of rotatable bonds is 6. The minimum Gasteiger partial charge on any atom is -0.497 e. The van der Waals surface area contributed by atoms with E-state index >= 15 is 0 Å². The largest absolute Gasteiger partial charge is 0.497 e. The first-order valence-corrected chi connectivity index (χ1v) is 11.2. The fourth-order valence-electron chi connectivity index (χ4n) is 2.83. The predicted octanol–water partition coefficient (Wildman–Crippen LogP) is 2.04.